The second kappa shape index (κ2) is 4.93. The number of carbonyl (C=O) groups is 2. The molecule has 0 aliphatic carbocycles. The van der Waals surface area contributed by atoms with E-state index >= 15 is 0 Å². The molecule has 4 heterocycles. The third-order valence-electron chi connectivity index (χ3n) is 3.70. The van der Waals surface area contributed by atoms with Crippen LogP contribution in [0.1, 0.15) is 15.3 Å². The van der Waals surface area contributed by atoms with Crippen LogP contribution in [0.4, 0.5) is 0 Å². The first-order valence-corrected chi connectivity index (χ1v) is 9.40. The van der Waals surface area contributed by atoms with E-state index in [0.717, 1.165) is 17.1 Å². The fourth-order valence-electron chi connectivity index (χ4n) is 2.66. The Kier molecular flexibility index (Phi) is 3.16. The number of carboxylic acids is 1. The summed E-state index contributed by atoms with van der Waals surface area (Å²) in [4.78, 5) is 27.1. The van der Waals surface area contributed by atoms with E-state index in [-0.39, 0.29) is 17.0 Å². The van der Waals surface area contributed by atoms with Gasteiger partial charge in [0.2, 0.25) is 0 Å². The number of thioether (sulfide) groups is 2. The number of carbonyl (C=O) groups excluding carboxylic acids is 1. The van der Waals surface area contributed by atoms with Crippen molar-refractivity contribution in [3.05, 3.63) is 38.1 Å². The molecule has 1 fully saturated rings. The number of β-lactam (4-membered cyclic amide) rings is 1. The molecule has 21 heavy (non-hydrogen) atoms. The molecule has 3 aliphatic rings. The van der Waals surface area contributed by atoms with Gasteiger partial charge in [-0.3, -0.25) is 9.69 Å². The molecule has 1 N–H and O–H groups in total. The molecule has 1 saturated heterocycles. The summed E-state index contributed by atoms with van der Waals surface area (Å²) in [6, 6.07) is 2.17. The third kappa shape index (κ3) is 2.06. The summed E-state index contributed by atoms with van der Waals surface area (Å²) in [5.41, 5.74) is 2.18. The van der Waals surface area contributed by atoms with Crippen LogP contribution < -0.4 is 0 Å². The van der Waals surface area contributed by atoms with Gasteiger partial charge in [-0.05, 0) is 29.9 Å². The standard InChI is InChI=1S/C14H11NO3S3/c16-12-9(13-15(12)10(6-20-13)14(17)18)4-8-3-7-5-19-2-1-11(7)21-8/h3-4,6,13H,1-2,5H2,(H,17,18)/b9-4+. The van der Waals surface area contributed by atoms with E-state index in [9.17, 15) is 9.59 Å². The van der Waals surface area contributed by atoms with Crippen LogP contribution in [-0.4, -0.2) is 33.0 Å². The molecule has 1 aromatic rings. The van der Waals surface area contributed by atoms with Crippen LogP contribution in [0.2, 0.25) is 0 Å². The molecular formula is C14H11NO3S3. The van der Waals surface area contributed by atoms with Crippen LogP contribution in [0.3, 0.4) is 0 Å². The number of fused-ring (bicyclic) bond motifs is 2. The summed E-state index contributed by atoms with van der Waals surface area (Å²) in [6.07, 6.45) is 3.04. The Bertz CT molecular complexity index is 696. The highest BCUT2D eigenvalue weighted by atomic mass is 32.2. The molecule has 1 amide bonds. The average molecular weight is 337 g/mol. The molecule has 1 unspecified atom stereocenters. The Labute approximate surface area is 133 Å². The summed E-state index contributed by atoms with van der Waals surface area (Å²) < 4.78 is 0. The van der Waals surface area contributed by atoms with Crippen molar-refractivity contribution in [3.8, 4) is 0 Å². The van der Waals surface area contributed by atoms with Crippen LogP contribution in [0.25, 0.3) is 6.08 Å². The van der Waals surface area contributed by atoms with E-state index in [0.29, 0.717) is 5.57 Å². The molecular weight excluding hydrogens is 326 g/mol. The van der Waals surface area contributed by atoms with Crippen molar-refractivity contribution in [3.63, 3.8) is 0 Å². The molecule has 4 nitrogen and oxygen atoms in total. The summed E-state index contributed by atoms with van der Waals surface area (Å²) in [7, 11) is 0. The molecule has 1 aromatic heterocycles. The van der Waals surface area contributed by atoms with E-state index in [1.54, 1.807) is 16.7 Å². The Morgan fingerprint density at radius 1 is 1.48 bits per heavy atom. The molecule has 1 atom stereocenters. The van der Waals surface area contributed by atoms with Crippen molar-refractivity contribution < 1.29 is 14.7 Å². The summed E-state index contributed by atoms with van der Waals surface area (Å²) in [6.45, 7) is 0. The van der Waals surface area contributed by atoms with Crippen molar-refractivity contribution in [1.82, 2.24) is 4.90 Å². The molecule has 0 spiro atoms. The van der Waals surface area contributed by atoms with Crippen molar-refractivity contribution in [2.24, 2.45) is 0 Å². The number of aliphatic carboxylic acids is 1. The lowest BCUT2D eigenvalue weighted by atomic mass is 10.0. The third-order valence-corrected chi connectivity index (χ3v) is 6.97. The molecule has 3 aliphatic heterocycles. The van der Waals surface area contributed by atoms with Gasteiger partial charge < -0.3 is 5.11 Å². The van der Waals surface area contributed by atoms with E-state index in [1.165, 1.54) is 32.9 Å². The first-order chi connectivity index (χ1) is 10.1. The van der Waals surface area contributed by atoms with Gasteiger partial charge in [0.1, 0.15) is 11.1 Å². The second-order valence-electron chi connectivity index (χ2n) is 4.97. The number of nitrogens with zero attached hydrogens (tertiary/aromatic N) is 1. The zero-order chi connectivity index (χ0) is 14.6. The van der Waals surface area contributed by atoms with E-state index < -0.39 is 5.97 Å². The Morgan fingerprint density at radius 3 is 3.10 bits per heavy atom. The fraction of sp³-hybridized carbons (Fsp3) is 0.286. The van der Waals surface area contributed by atoms with Gasteiger partial charge in [0.05, 0.1) is 5.57 Å². The maximum Gasteiger partial charge on any atom is 0.353 e. The summed E-state index contributed by atoms with van der Waals surface area (Å²) in [5, 5.41) is 10.4. The highest BCUT2D eigenvalue weighted by Gasteiger charge is 2.49. The number of aryl methyl sites for hydroxylation is 1. The van der Waals surface area contributed by atoms with Crippen LogP contribution in [0, 0.1) is 0 Å². The predicted molar refractivity (Wildman–Crippen MR) is 86.1 cm³/mol. The first kappa shape index (κ1) is 13.5. The number of hydrogen-bond donors (Lipinski definition) is 1. The molecule has 0 radical (unpaired) electrons. The quantitative estimate of drug-likeness (QED) is 0.664. The van der Waals surface area contributed by atoms with Gasteiger partial charge in [-0.15, -0.1) is 23.1 Å². The average Bonchev–Trinajstić information content (AvgIpc) is 3.05. The lowest BCUT2D eigenvalue weighted by Crippen LogP contribution is -2.51. The normalized spacial score (nSPS) is 25.4. The Morgan fingerprint density at radius 2 is 2.33 bits per heavy atom. The molecule has 108 valence electrons. The maximum absolute atomic E-state index is 12.1. The summed E-state index contributed by atoms with van der Waals surface area (Å²) in [5.74, 6) is 0.999. The van der Waals surface area contributed by atoms with Gasteiger partial charge in [0.15, 0.2) is 0 Å². The van der Waals surface area contributed by atoms with E-state index in [2.05, 4.69) is 6.07 Å². The number of thiophene rings is 1. The lowest BCUT2D eigenvalue weighted by molar-refractivity contribution is -0.141. The minimum atomic E-state index is -1.04. The first-order valence-electron chi connectivity index (χ1n) is 6.48. The zero-order valence-corrected chi connectivity index (χ0v) is 13.3. The lowest BCUT2D eigenvalue weighted by Gasteiger charge is -2.37. The zero-order valence-electron chi connectivity index (χ0n) is 10.9. The van der Waals surface area contributed by atoms with Gasteiger partial charge in [-0.1, -0.05) is 0 Å². The maximum atomic E-state index is 12.1. The molecule has 4 rings (SSSR count). The van der Waals surface area contributed by atoms with Crippen LogP contribution in [0.5, 0.6) is 0 Å². The number of amides is 1. The van der Waals surface area contributed by atoms with Crippen LogP contribution in [0.15, 0.2) is 22.7 Å². The number of hydrogen-bond acceptors (Lipinski definition) is 5. The van der Waals surface area contributed by atoms with Crippen LogP contribution >= 0.6 is 34.9 Å². The van der Waals surface area contributed by atoms with Gasteiger partial charge >= 0.3 is 5.97 Å². The minimum absolute atomic E-state index is 0.0917. The van der Waals surface area contributed by atoms with Crippen LogP contribution in [-0.2, 0) is 21.8 Å². The Balaban J connectivity index is 1.60. The SMILES string of the molecule is O=C(O)C1=CSC2/C(=C/c3cc4c(s3)CCSC4)C(=O)N12. The monoisotopic (exact) mass is 337 g/mol. The highest BCUT2D eigenvalue weighted by Crippen LogP contribution is 2.45. The van der Waals surface area contributed by atoms with Crippen molar-refractivity contribution >= 4 is 52.8 Å². The molecule has 0 aromatic carbocycles. The number of carboxylic acid groups (broad SMARTS) is 1. The van der Waals surface area contributed by atoms with Crippen molar-refractivity contribution in [2.45, 2.75) is 17.5 Å². The topological polar surface area (TPSA) is 57.6 Å². The van der Waals surface area contributed by atoms with E-state index in [4.69, 9.17) is 5.11 Å². The largest absolute Gasteiger partial charge is 0.477 e. The van der Waals surface area contributed by atoms with Crippen molar-refractivity contribution in [1.29, 1.82) is 0 Å². The molecule has 7 heteroatoms. The van der Waals surface area contributed by atoms with Gasteiger partial charge in [0.25, 0.3) is 5.91 Å². The van der Waals surface area contributed by atoms with E-state index in [1.807, 2.05) is 17.8 Å². The van der Waals surface area contributed by atoms with Gasteiger partial charge in [-0.2, -0.15) is 11.8 Å². The molecule has 0 bridgehead atoms. The Hall–Kier alpha value is -1.18. The number of rotatable bonds is 2. The van der Waals surface area contributed by atoms with Gasteiger partial charge in [-0.25, -0.2) is 4.79 Å². The van der Waals surface area contributed by atoms with Gasteiger partial charge in [0, 0.05) is 20.9 Å². The molecule has 0 saturated carbocycles. The highest BCUT2D eigenvalue weighted by molar-refractivity contribution is 8.03. The fourth-order valence-corrected chi connectivity index (χ4v) is 6.11. The van der Waals surface area contributed by atoms with Crippen molar-refractivity contribution in [2.75, 3.05) is 5.75 Å². The summed E-state index contributed by atoms with van der Waals surface area (Å²) >= 11 is 5.08. The predicted octanol–water partition coefficient (Wildman–Crippen LogP) is 2.76. The second-order valence-corrected chi connectivity index (χ2v) is 8.20. The minimum Gasteiger partial charge on any atom is -0.477 e. The smallest absolute Gasteiger partial charge is 0.353 e.